The first kappa shape index (κ1) is 24.0. The van der Waals surface area contributed by atoms with Crippen LogP contribution in [0.2, 0.25) is 0 Å². The molecular formula is C28H28FN3O3. The number of ether oxygens (including phenoxy) is 2. The fourth-order valence-corrected chi connectivity index (χ4v) is 3.97. The van der Waals surface area contributed by atoms with Crippen molar-refractivity contribution in [1.82, 2.24) is 10.3 Å². The molecule has 0 fully saturated rings. The number of aromatic nitrogens is 1. The third-order valence-electron chi connectivity index (χ3n) is 5.76. The molecule has 4 rings (SSSR count). The number of nitrogens with one attached hydrogen (secondary N) is 2. The van der Waals surface area contributed by atoms with Crippen molar-refractivity contribution in [3.8, 4) is 11.5 Å². The molecule has 180 valence electrons. The Balaban J connectivity index is 1.32. The minimum absolute atomic E-state index is 0.242. The fourth-order valence-electron chi connectivity index (χ4n) is 3.97. The fraction of sp³-hybridized carbons (Fsp3) is 0.214. The lowest BCUT2D eigenvalue weighted by molar-refractivity contribution is 0.252. The zero-order chi connectivity index (χ0) is 24.6. The van der Waals surface area contributed by atoms with Crippen LogP contribution in [0.15, 0.2) is 72.9 Å². The summed E-state index contributed by atoms with van der Waals surface area (Å²) in [7, 11) is 3.22. The van der Waals surface area contributed by atoms with E-state index in [-0.39, 0.29) is 11.8 Å². The van der Waals surface area contributed by atoms with Crippen LogP contribution in [0.25, 0.3) is 10.9 Å². The highest BCUT2D eigenvalue weighted by Gasteiger charge is 2.10. The highest BCUT2D eigenvalue weighted by Crippen LogP contribution is 2.33. The van der Waals surface area contributed by atoms with Gasteiger partial charge >= 0.3 is 6.03 Å². The number of aryl methyl sites for hydroxylation is 1. The SMILES string of the molecule is COc1cc2nccc(Cc3ccc(NC(=O)NCCCc4cccc(F)c4)cc3)c2cc1OC. The normalized spacial score (nSPS) is 10.7. The summed E-state index contributed by atoms with van der Waals surface area (Å²) in [6.07, 6.45) is 3.93. The molecule has 0 aliphatic heterocycles. The van der Waals surface area contributed by atoms with Gasteiger partial charge in [-0.25, -0.2) is 9.18 Å². The number of hydrogen-bond donors (Lipinski definition) is 2. The van der Waals surface area contributed by atoms with Crippen LogP contribution >= 0.6 is 0 Å². The monoisotopic (exact) mass is 473 g/mol. The summed E-state index contributed by atoms with van der Waals surface area (Å²) >= 11 is 0. The summed E-state index contributed by atoms with van der Waals surface area (Å²) in [6, 6.07) is 19.8. The number of fused-ring (bicyclic) bond motifs is 1. The van der Waals surface area contributed by atoms with Gasteiger partial charge in [-0.05, 0) is 72.4 Å². The summed E-state index contributed by atoms with van der Waals surface area (Å²) < 4.78 is 24.1. The Morgan fingerprint density at radius 1 is 0.943 bits per heavy atom. The van der Waals surface area contributed by atoms with Crippen molar-refractivity contribution < 1.29 is 18.7 Å². The van der Waals surface area contributed by atoms with Crippen molar-refractivity contribution >= 4 is 22.6 Å². The van der Waals surface area contributed by atoms with Crippen LogP contribution < -0.4 is 20.1 Å². The molecule has 35 heavy (non-hydrogen) atoms. The summed E-state index contributed by atoms with van der Waals surface area (Å²) in [6.45, 7) is 0.504. The minimum Gasteiger partial charge on any atom is -0.493 e. The van der Waals surface area contributed by atoms with Crippen molar-refractivity contribution in [2.45, 2.75) is 19.3 Å². The lowest BCUT2D eigenvalue weighted by atomic mass is 10.0. The van der Waals surface area contributed by atoms with Gasteiger partial charge < -0.3 is 20.1 Å². The van der Waals surface area contributed by atoms with E-state index in [2.05, 4.69) is 15.6 Å². The molecule has 0 spiro atoms. The van der Waals surface area contributed by atoms with Crippen LogP contribution in [-0.4, -0.2) is 31.8 Å². The number of amides is 2. The molecular weight excluding hydrogens is 445 g/mol. The van der Waals surface area contributed by atoms with Crippen LogP contribution in [0.1, 0.15) is 23.1 Å². The van der Waals surface area contributed by atoms with E-state index in [1.54, 1.807) is 26.5 Å². The van der Waals surface area contributed by atoms with E-state index in [4.69, 9.17) is 9.47 Å². The van der Waals surface area contributed by atoms with Gasteiger partial charge in [0.2, 0.25) is 0 Å². The van der Waals surface area contributed by atoms with Gasteiger partial charge in [-0.1, -0.05) is 24.3 Å². The van der Waals surface area contributed by atoms with E-state index in [1.807, 2.05) is 48.5 Å². The average molecular weight is 474 g/mol. The molecule has 1 aromatic heterocycles. The number of halogens is 1. The van der Waals surface area contributed by atoms with Crippen LogP contribution in [0, 0.1) is 5.82 Å². The molecule has 2 amide bonds. The number of nitrogens with zero attached hydrogens (tertiary/aromatic N) is 1. The van der Waals surface area contributed by atoms with E-state index in [9.17, 15) is 9.18 Å². The number of urea groups is 1. The Morgan fingerprint density at radius 2 is 1.71 bits per heavy atom. The Kier molecular flexibility index (Phi) is 7.77. The van der Waals surface area contributed by atoms with Gasteiger partial charge in [0.05, 0.1) is 19.7 Å². The molecule has 7 heteroatoms. The van der Waals surface area contributed by atoms with Gasteiger partial charge in [0.25, 0.3) is 0 Å². The number of benzene rings is 3. The molecule has 0 aliphatic rings. The van der Waals surface area contributed by atoms with Gasteiger partial charge in [0, 0.05) is 29.9 Å². The van der Waals surface area contributed by atoms with Gasteiger partial charge in [0.15, 0.2) is 11.5 Å². The third-order valence-corrected chi connectivity index (χ3v) is 5.76. The largest absolute Gasteiger partial charge is 0.493 e. The number of pyridine rings is 1. The van der Waals surface area contributed by atoms with E-state index in [0.717, 1.165) is 34.0 Å². The predicted octanol–water partition coefficient (Wildman–Crippen LogP) is 5.74. The second kappa shape index (κ2) is 11.3. The maximum atomic E-state index is 13.2. The van der Waals surface area contributed by atoms with Gasteiger partial charge in [-0.2, -0.15) is 0 Å². The molecule has 0 saturated carbocycles. The summed E-state index contributed by atoms with van der Waals surface area (Å²) in [5, 5.41) is 6.69. The first-order valence-electron chi connectivity index (χ1n) is 11.4. The second-order valence-electron chi connectivity index (χ2n) is 8.18. The Morgan fingerprint density at radius 3 is 2.46 bits per heavy atom. The maximum Gasteiger partial charge on any atom is 0.319 e. The number of carbonyl (C=O) groups is 1. The molecule has 0 bridgehead atoms. The lowest BCUT2D eigenvalue weighted by Crippen LogP contribution is -2.29. The average Bonchev–Trinajstić information content (AvgIpc) is 2.87. The molecule has 3 aromatic carbocycles. The molecule has 0 unspecified atom stereocenters. The zero-order valence-electron chi connectivity index (χ0n) is 19.8. The van der Waals surface area contributed by atoms with Gasteiger partial charge in [0.1, 0.15) is 5.82 Å². The lowest BCUT2D eigenvalue weighted by Gasteiger charge is -2.12. The Labute approximate surface area is 204 Å². The standard InChI is InChI=1S/C28H28FN3O3/c1-34-26-17-24-21(12-14-30-25(24)18-27(26)35-2)15-20-8-10-23(11-9-20)32-28(33)31-13-4-6-19-5-3-7-22(29)16-19/h3,5,7-12,14,16-18H,4,6,13,15H2,1-2H3,(H2,31,32,33). The van der Waals surface area contributed by atoms with Crippen molar-refractivity contribution in [2.75, 3.05) is 26.1 Å². The number of rotatable bonds is 9. The molecule has 0 aliphatic carbocycles. The smallest absolute Gasteiger partial charge is 0.319 e. The summed E-state index contributed by atoms with van der Waals surface area (Å²) in [5.74, 6) is 1.07. The molecule has 0 saturated heterocycles. The molecule has 1 heterocycles. The first-order valence-corrected chi connectivity index (χ1v) is 11.4. The molecule has 2 N–H and O–H groups in total. The highest BCUT2D eigenvalue weighted by molar-refractivity contribution is 5.89. The van der Waals surface area contributed by atoms with Crippen molar-refractivity contribution in [2.24, 2.45) is 0 Å². The van der Waals surface area contributed by atoms with Crippen LogP contribution in [0.4, 0.5) is 14.9 Å². The Bertz CT molecular complexity index is 1310. The highest BCUT2D eigenvalue weighted by atomic mass is 19.1. The van der Waals surface area contributed by atoms with E-state index < -0.39 is 0 Å². The molecule has 0 atom stereocenters. The Hall–Kier alpha value is -4.13. The van der Waals surface area contributed by atoms with E-state index >= 15 is 0 Å². The number of methoxy groups -OCH3 is 2. The van der Waals surface area contributed by atoms with E-state index in [0.29, 0.717) is 36.6 Å². The summed E-state index contributed by atoms with van der Waals surface area (Å²) in [5.41, 5.74) is 4.69. The number of anilines is 1. The van der Waals surface area contributed by atoms with Gasteiger partial charge in [-0.3, -0.25) is 4.98 Å². The molecule has 6 nitrogen and oxygen atoms in total. The van der Waals surface area contributed by atoms with Crippen molar-refractivity contribution in [3.63, 3.8) is 0 Å². The van der Waals surface area contributed by atoms with Crippen LogP contribution in [0.5, 0.6) is 11.5 Å². The quantitative estimate of drug-likeness (QED) is 0.304. The van der Waals surface area contributed by atoms with Crippen LogP contribution in [-0.2, 0) is 12.8 Å². The maximum absolute atomic E-state index is 13.2. The van der Waals surface area contributed by atoms with Crippen molar-refractivity contribution in [3.05, 3.63) is 95.4 Å². The molecule has 4 aromatic rings. The van der Waals surface area contributed by atoms with E-state index in [1.165, 1.54) is 12.1 Å². The second-order valence-corrected chi connectivity index (χ2v) is 8.18. The number of carbonyl (C=O) groups excluding carboxylic acids is 1. The number of hydrogen-bond acceptors (Lipinski definition) is 4. The first-order chi connectivity index (χ1) is 17.1. The topological polar surface area (TPSA) is 72.5 Å². The molecule has 0 radical (unpaired) electrons. The van der Waals surface area contributed by atoms with Crippen LogP contribution in [0.3, 0.4) is 0 Å². The third kappa shape index (κ3) is 6.26. The minimum atomic E-state index is -0.266. The predicted molar refractivity (Wildman–Crippen MR) is 136 cm³/mol. The summed E-state index contributed by atoms with van der Waals surface area (Å²) in [4.78, 5) is 16.7. The van der Waals surface area contributed by atoms with Gasteiger partial charge in [-0.15, -0.1) is 0 Å². The zero-order valence-corrected chi connectivity index (χ0v) is 19.8. The van der Waals surface area contributed by atoms with Crippen molar-refractivity contribution in [1.29, 1.82) is 0 Å².